The summed E-state index contributed by atoms with van der Waals surface area (Å²) in [4.78, 5) is 14.1. The van der Waals surface area contributed by atoms with Gasteiger partial charge in [0.2, 0.25) is 5.91 Å². The predicted octanol–water partition coefficient (Wildman–Crippen LogP) is 3.67. The fourth-order valence-corrected chi connectivity index (χ4v) is 3.10. The summed E-state index contributed by atoms with van der Waals surface area (Å²) in [6.07, 6.45) is 5.35. The molecular formula is C19H23NO2. The smallest absolute Gasteiger partial charge is 0.227 e. The molecule has 0 aliphatic heterocycles. The minimum atomic E-state index is 0.129. The lowest BCUT2D eigenvalue weighted by Gasteiger charge is -2.18. The van der Waals surface area contributed by atoms with Crippen molar-refractivity contribution in [1.29, 1.82) is 0 Å². The van der Waals surface area contributed by atoms with Crippen molar-refractivity contribution < 1.29 is 9.21 Å². The molecule has 0 atom stereocenters. The van der Waals surface area contributed by atoms with Gasteiger partial charge >= 0.3 is 0 Å². The van der Waals surface area contributed by atoms with Crippen molar-refractivity contribution in [3.63, 3.8) is 0 Å². The van der Waals surface area contributed by atoms with Crippen LogP contribution in [0.1, 0.15) is 41.1 Å². The quantitative estimate of drug-likeness (QED) is 0.862. The lowest BCUT2D eigenvalue weighted by atomic mass is 9.90. The molecule has 1 heterocycles. The summed E-state index contributed by atoms with van der Waals surface area (Å²) in [5.41, 5.74) is 4.01. The SMILES string of the molecule is Cc1ccc(CN(C)C(=O)Cc2ccc3c(c2)CCCC3)o1. The molecule has 2 aromatic rings. The van der Waals surface area contributed by atoms with Crippen molar-refractivity contribution in [2.45, 2.75) is 45.6 Å². The van der Waals surface area contributed by atoms with E-state index in [9.17, 15) is 4.79 Å². The van der Waals surface area contributed by atoms with Gasteiger partial charge in [-0.3, -0.25) is 4.79 Å². The van der Waals surface area contributed by atoms with Gasteiger partial charge in [-0.1, -0.05) is 18.2 Å². The highest BCUT2D eigenvalue weighted by molar-refractivity contribution is 5.78. The van der Waals surface area contributed by atoms with Gasteiger partial charge in [-0.05, 0) is 61.4 Å². The number of aryl methyl sites for hydroxylation is 3. The normalized spacial score (nSPS) is 13.7. The van der Waals surface area contributed by atoms with Gasteiger partial charge in [0, 0.05) is 7.05 Å². The van der Waals surface area contributed by atoms with E-state index in [0.29, 0.717) is 13.0 Å². The van der Waals surface area contributed by atoms with Crippen LogP contribution in [0, 0.1) is 6.92 Å². The minimum Gasteiger partial charge on any atom is -0.464 e. The third-order valence-electron chi connectivity index (χ3n) is 4.38. The second-order valence-electron chi connectivity index (χ2n) is 6.25. The van der Waals surface area contributed by atoms with E-state index in [2.05, 4.69) is 18.2 Å². The molecule has 0 saturated carbocycles. The topological polar surface area (TPSA) is 33.5 Å². The van der Waals surface area contributed by atoms with Crippen LogP contribution in [0.4, 0.5) is 0 Å². The maximum Gasteiger partial charge on any atom is 0.227 e. The summed E-state index contributed by atoms with van der Waals surface area (Å²) in [6.45, 7) is 2.44. The van der Waals surface area contributed by atoms with Gasteiger partial charge in [-0.2, -0.15) is 0 Å². The first-order valence-electron chi connectivity index (χ1n) is 8.02. The average molecular weight is 297 g/mol. The Morgan fingerprint density at radius 1 is 1.14 bits per heavy atom. The number of carbonyl (C=O) groups excluding carboxylic acids is 1. The molecule has 1 aliphatic rings. The number of nitrogens with zero attached hydrogens (tertiary/aromatic N) is 1. The van der Waals surface area contributed by atoms with Gasteiger partial charge in [0.25, 0.3) is 0 Å². The molecule has 1 aliphatic carbocycles. The molecule has 1 amide bonds. The predicted molar refractivity (Wildman–Crippen MR) is 86.7 cm³/mol. The van der Waals surface area contributed by atoms with Crippen molar-refractivity contribution in [2.75, 3.05) is 7.05 Å². The van der Waals surface area contributed by atoms with E-state index in [1.165, 1.54) is 30.4 Å². The zero-order valence-corrected chi connectivity index (χ0v) is 13.4. The zero-order valence-electron chi connectivity index (χ0n) is 13.4. The van der Waals surface area contributed by atoms with E-state index in [0.717, 1.165) is 23.5 Å². The van der Waals surface area contributed by atoms with Crippen LogP contribution in [-0.4, -0.2) is 17.9 Å². The maximum atomic E-state index is 12.4. The summed E-state index contributed by atoms with van der Waals surface area (Å²) in [5, 5.41) is 0. The molecule has 0 saturated heterocycles. The Balaban J connectivity index is 1.63. The number of benzene rings is 1. The molecule has 0 radical (unpaired) electrons. The number of hydrogen-bond donors (Lipinski definition) is 0. The Bertz CT molecular complexity index is 672. The molecule has 3 nitrogen and oxygen atoms in total. The lowest BCUT2D eigenvalue weighted by Crippen LogP contribution is -2.27. The standard InChI is InChI=1S/C19H23NO2/c1-14-7-10-18(22-14)13-20(2)19(21)12-15-8-9-16-5-3-4-6-17(16)11-15/h7-11H,3-6,12-13H2,1-2H3. The van der Waals surface area contributed by atoms with Crippen molar-refractivity contribution in [2.24, 2.45) is 0 Å². The summed E-state index contributed by atoms with van der Waals surface area (Å²) in [6, 6.07) is 10.4. The number of carbonyl (C=O) groups is 1. The van der Waals surface area contributed by atoms with E-state index in [-0.39, 0.29) is 5.91 Å². The van der Waals surface area contributed by atoms with Crippen LogP contribution in [-0.2, 0) is 30.6 Å². The van der Waals surface area contributed by atoms with Crippen LogP contribution < -0.4 is 0 Å². The molecular weight excluding hydrogens is 274 g/mol. The largest absolute Gasteiger partial charge is 0.464 e. The molecule has 1 aromatic carbocycles. The Labute approximate surface area is 131 Å². The van der Waals surface area contributed by atoms with Gasteiger partial charge in [0.05, 0.1) is 13.0 Å². The van der Waals surface area contributed by atoms with Crippen molar-refractivity contribution in [1.82, 2.24) is 4.90 Å². The number of fused-ring (bicyclic) bond motifs is 1. The highest BCUT2D eigenvalue weighted by Crippen LogP contribution is 2.22. The van der Waals surface area contributed by atoms with Crippen LogP contribution in [0.5, 0.6) is 0 Å². The molecule has 0 unspecified atom stereocenters. The molecule has 1 aromatic heterocycles. The average Bonchev–Trinajstić information content (AvgIpc) is 2.92. The van der Waals surface area contributed by atoms with Gasteiger partial charge in [-0.25, -0.2) is 0 Å². The highest BCUT2D eigenvalue weighted by Gasteiger charge is 2.14. The van der Waals surface area contributed by atoms with Crippen LogP contribution in [0.3, 0.4) is 0 Å². The van der Waals surface area contributed by atoms with Crippen molar-refractivity contribution >= 4 is 5.91 Å². The van der Waals surface area contributed by atoms with E-state index >= 15 is 0 Å². The molecule has 0 fully saturated rings. The van der Waals surface area contributed by atoms with Crippen LogP contribution in [0.15, 0.2) is 34.7 Å². The first kappa shape index (κ1) is 14.9. The summed E-state index contributed by atoms with van der Waals surface area (Å²) < 4.78 is 5.54. The van der Waals surface area contributed by atoms with Gasteiger partial charge in [0.15, 0.2) is 0 Å². The third-order valence-corrected chi connectivity index (χ3v) is 4.38. The number of hydrogen-bond acceptors (Lipinski definition) is 2. The number of rotatable bonds is 4. The van der Waals surface area contributed by atoms with E-state index in [4.69, 9.17) is 4.42 Å². The third kappa shape index (κ3) is 3.41. The van der Waals surface area contributed by atoms with Gasteiger partial charge in [0.1, 0.15) is 11.5 Å². The summed E-state index contributed by atoms with van der Waals surface area (Å²) in [7, 11) is 1.83. The fourth-order valence-electron chi connectivity index (χ4n) is 3.10. The van der Waals surface area contributed by atoms with Crippen LogP contribution in [0.2, 0.25) is 0 Å². The maximum absolute atomic E-state index is 12.4. The Kier molecular flexibility index (Phi) is 4.32. The Morgan fingerprint density at radius 3 is 2.64 bits per heavy atom. The molecule has 0 N–H and O–H groups in total. The second kappa shape index (κ2) is 6.39. The minimum absolute atomic E-state index is 0.129. The highest BCUT2D eigenvalue weighted by atomic mass is 16.3. The molecule has 0 spiro atoms. The monoisotopic (exact) mass is 297 g/mol. The van der Waals surface area contributed by atoms with Crippen LogP contribution >= 0.6 is 0 Å². The van der Waals surface area contributed by atoms with E-state index in [1.807, 2.05) is 26.1 Å². The van der Waals surface area contributed by atoms with Crippen molar-refractivity contribution in [3.8, 4) is 0 Å². The molecule has 22 heavy (non-hydrogen) atoms. The summed E-state index contributed by atoms with van der Waals surface area (Å²) >= 11 is 0. The fraction of sp³-hybridized carbons (Fsp3) is 0.421. The molecule has 3 heteroatoms. The van der Waals surface area contributed by atoms with E-state index in [1.54, 1.807) is 4.90 Å². The second-order valence-corrected chi connectivity index (χ2v) is 6.25. The van der Waals surface area contributed by atoms with Gasteiger partial charge in [-0.15, -0.1) is 0 Å². The first-order valence-corrected chi connectivity index (χ1v) is 8.02. The Hall–Kier alpha value is -2.03. The van der Waals surface area contributed by atoms with Crippen molar-refractivity contribution in [3.05, 3.63) is 58.5 Å². The number of furan rings is 1. The first-order chi connectivity index (χ1) is 10.6. The molecule has 116 valence electrons. The number of amides is 1. The number of likely N-dealkylation sites (N-methyl/N-ethyl adjacent to an activating group) is 1. The van der Waals surface area contributed by atoms with Gasteiger partial charge < -0.3 is 9.32 Å². The van der Waals surface area contributed by atoms with Crippen LogP contribution in [0.25, 0.3) is 0 Å². The lowest BCUT2D eigenvalue weighted by molar-refractivity contribution is -0.129. The zero-order chi connectivity index (χ0) is 15.5. The molecule has 3 rings (SSSR count). The Morgan fingerprint density at radius 2 is 1.91 bits per heavy atom. The van der Waals surface area contributed by atoms with E-state index < -0.39 is 0 Å². The summed E-state index contributed by atoms with van der Waals surface area (Å²) in [5.74, 6) is 1.84. The molecule has 0 bridgehead atoms.